The molecule has 0 bridgehead atoms. The Kier molecular flexibility index (Phi) is 3.26. The average molecular weight is 300 g/mol. The van der Waals surface area contributed by atoms with Gasteiger partial charge in [0.2, 0.25) is 0 Å². The molecule has 1 aromatic carbocycles. The van der Waals surface area contributed by atoms with Gasteiger partial charge in [0, 0.05) is 10.5 Å². The summed E-state index contributed by atoms with van der Waals surface area (Å²) >= 11 is 9.40. The number of nitrogens with zero attached hydrogens (tertiary/aromatic N) is 2. The van der Waals surface area contributed by atoms with E-state index >= 15 is 0 Å². The van der Waals surface area contributed by atoms with Gasteiger partial charge in [-0.3, -0.25) is 0 Å². The van der Waals surface area contributed by atoms with E-state index in [9.17, 15) is 0 Å². The zero-order chi connectivity index (χ0) is 11.5. The van der Waals surface area contributed by atoms with Gasteiger partial charge in [-0.05, 0) is 18.2 Å². The molecule has 4 nitrogen and oxygen atoms in total. The van der Waals surface area contributed by atoms with Gasteiger partial charge in [-0.25, -0.2) is 9.97 Å². The van der Waals surface area contributed by atoms with E-state index in [0.29, 0.717) is 16.7 Å². The molecule has 0 unspecified atom stereocenters. The van der Waals surface area contributed by atoms with Gasteiger partial charge < -0.3 is 11.1 Å². The lowest BCUT2D eigenvalue weighted by Crippen LogP contribution is -1.97. The number of benzene rings is 1. The predicted octanol–water partition coefficient (Wildman–Crippen LogP) is 3.22. The van der Waals surface area contributed by atoms with Crippen LogP contribution in [0.2, 0.25) is 5.02 Å². The molecular formula is C10H8BrClN4. The van der Waals surface area contributed by atoms with Crippen LogP contribution in [0.25, 0.3) is 0 Å². The first-order valence-corrected chi connectivity index (χ1v) is 5.62. The lowest BCUT2D eigenvalue weighted by atomic mass is 10.3. The Morgan fingerprint density at radius 3 is 2.81 bits per heavy atom. The van der Waals surface area contributed by atoms with E-state index in [1.807, 2.05) is 12.1 Å². The van der Waals surface area contributed by atoms with Crippen molar-refractivity contribution < 1.29 is 0 Å². The van der Waals surface area contributed by atoms with Crippen molar-refractivity contribution in [2.24, 2.45) is 0 Å². The minimum Gasteiger partial charge on any atom is -0.384 e. The molecule has 82 valence electrons. The molecule has 16 heavy (non-hydrogen) atoms. The number of nitrogen functional groups attached to an aromatic ring is 1. The molecule has 0 spiro atoms. The Balaban J connectivity index is 2.30. The summed E-state index contributed by atoms with van der Waals surface area (Å²) in [4.78, 5) is 7.84. The summed E-state index contributed by atoms with van der Waals surface area (Å²) in [6.07, 6.45) is 1.39. The summed E-state index contributed by atoms with van der Waals surface area (Å²) in [6, 6.07) is 7.15. The fraction of sp³-hybridized carbons (Fsp3) is 0. The first-order chi connectivity index (χ1) is 7.65. The van der Waals surface area contributed by atoms with Crippen LogP contribution in [0.15, 0.2) is 35.1 Å². The Labute approximate surface area is 106 Å². The van der Waals surface area contributed by atoms with Crippen molar-refractivity contribution in [2.75, 3.05) is 11.1 Å². The van der Waals surface area contributed by atoms with Gasteiger partial charge in [0.15, 0.2) is 0 Å². The molecule has 0 aliphatic heterocycles. The minimum absolute atomic E-state index is 0.406. The van der Waals surface area contributed by atoms with Crippen LogP contribution in [-0.2, 0) is 0 Å². The summed E-state index contributed by atoms with van der Waals surface area (Å²) in [7, 11) is 0. The summed E-state index contributed by atoms with van der Waals surface area (Å²) in [5.74, 6) is 1.01. The van der Waals surface area contributed by atoms with Crippen molar-refractivity contribution in [1.82, 2.24) is 9.97 Å². The maximum atomic E-state index is 6.03. The van der Waals surface area contributed by atoms with Crippen LogP contribution in [0, 0.1) is 0 Å². The zero-order valence-electron chi connectivity index (χ0n) is 8.11. The van der Waals surface area contributed by atoms with E-state index in [0.717, 1.165) is 10.2 Å². The molecule has 0 aliphatic rings. The molecule has 0 radical (unpaired) electrons. The largest absolute Gasteiger partial charge is 0.384 e. The highest BCUT2D eigenvalue weighted by atomic mass is 79.9. The van der Waals surface area contributed by atoms with Crippen LogP contribution < -0.4 is 11.1 Å². The van der Waals surface area contributed by atoms with Gasteiger partial charge in [0.05, 0.1) is 10.7 Å². The average Bonchev–Trinajstić information content (AvgIpc) is 2.24. The molecule has 0 saturated heterocycles. The molecule has 0 saturated carbocycles. The van der Waals surface area contributed by atoms with E-state index in [-0.39, 0.29) is 0 Å². The highest BCUT2D eigenvalue weighted by Gasteiger charge is 2.02. The van der Waals surface area contributed by atoms with Crippen LogP contribution in [0.3, 0.4) is 0 Å². The van der Waals surface area contributed by atoms with Crippen molar-refractivity contribution in [1.29, 1.82) is 0 Å². The maximum Gasteiger partial charge on any atom is 0.135 e. The summed E-state index contributed by atoms with van der Waals surface area (Å²) < 4.78 is 0.932. The van der Waals surface area contributed by atoms with Crippen LogP contribution in [0.5, 0.6) is 0 Å². The summed E-state index contributed by atoms with van der Waals surface area (Å²) in [5, 5.41) is 3.67. The highest BCUT2D eigenvalue weighted by Crippen LogP contribution is 2.28. The van der Waals surface area contributed by atoms with Crippen molar-refractivity contribution >= 4 is 44.9 Å². The number of aromatic nitrogens is 2. The van der Waals surface area contributed by atoms with E-state index in [4.69, 9.17) is 17.3 Å². The van der Waals surface area contributed by atoms with E-state index in [2.05, 4.69) is 31.2 Å². The summed E-state index contributed by atoms with van der Waals surface area (Å²) in [5.41, 5.74) is 6.31. The third-order valence-corrected chi connectivity index (χ3v) is 2.70. The molecule has 0 amide bonds. The number of hydrogen-bond acceptors (Lipinski definition) is 4. The predicted molar refractivity (Wildman–Crippen MR) is 68.9 cm³/mol. The summed E-state index contributed by atoms with van der Waals surface area (Å²) in [6.45, 7) is 0. The Morgan fingerprint density at radius 2 is 2.06 bits per heavy atom. The minimum atomic E-state index is 0.406. The number of nitrogens with one attached hydrogen (secondary N) is 1. The second-order valence-corrected chi connectivity index (χ2v) is 4.40. The monoisotopic (exact) mass is 298 g/mol. The van der Waals surface area contributed by atoms with Crippen molar-refractivity contribution in [3.05, 3.63) is 40.1 Å². The van der Waals surface area contributed by atoms with Gasteiger partial charge in [-0.15, -0.1) is 0 Å². The molecule has 2 aromatic rings. The van der Waals surface area contributed by atoms with Crippen LogP contribution in [-0.4, -0.2) is 9.97 Å². The number of anilines is 3. The fourth-order valence-electron chi connectivity index (χ4n) is 1.17. The number of halogens is 2. The first-order valence-electron chi connectivity index (χ1n) is 4.45. The molecule has 0 atom stereocenters. The molecule has 1 aromatic heterocycles. The molecule has 0 fully saturated rings. The lowest BCUT2D eigenvalue weighted by Gasteiger charge is -2.07. The van der Waals surface area contributed by atoms with E-state index in [1.165, 1.54) is 6.33 Å². The topological polar surface area (TPSA) is 63.8 Å². The number of nitrogens with two attached hydrogens (primary N) is 1. The second kappa shape index (κ2) is 4.67. The Morgan fingerprint density at radius 1 is 1.25 bits per heavy atom. The number of rotatable bonds is 2. The molecule has 1 heterocycles. The smallest absolute Gasteiger partial charge is 0.135 e. The van der Waals surface area contributed by atoms with Gasteiger partial charge in [0.25, 0.3) is 0 Å². The van der Waals surface area contributed by atoms with Crippen LogP contribution in [0.1, 0.15) is 0 Å². The Bertz CT molecular complexity index is 518. The van der Waals surface area contributed by atoms with Crippen LogP contribution in [0.4, 0.5) is 17.3 Å². The number of hydrogen-bond donors (Lipinski definition) is 2. The van der Waals surface area contributed by atoms with Gasteiger partial charge in [0.1, 0.15) is 18.0 Å². The normalized spacial score (nSPS) is 10.1. The van der Waals surface area contributed by atoms with Gasteiger partial charge in [-0.2, -0.15) is 0 Å². The van der Waals surface area contributed by atoms with Gasteiger partial charge in [-0.1, -0.05) is 27.5 Å². The quantitative estimate of drug-likeness (QED) is 0.893. The SMILES string of the molecule is Nc1cc(Nc2cc(Br)ccc2Cl)ncn1. The molecule has 2 rings (SSSR count). The molecule has 0 aliphatic carbocycles. The Hall–Kier alpha value is -1.33. The van der Waals surface area contributed by atoms with E-state index < -0.39 is 0 Å². The van der Waals surface area contributed by atoms with E-state index in [1.54, 1.807) is 12.1 Å². The standard InChI is InChI=1S/C10H8BrClN4/c11-6-1-2-7(12)8(3-6)16-10-4-9(13)14-5-15-10/h1-5H,(H3,13,14,15,16). The lowest BCUT2D eigenvalue weighted by molar-refractivity contribution is 1.18. The molecule has 3 N–H and O–H groups in total. The highest BCUT2D eigenvalue weighted by molar-refractivity contribution is 9.10. The van der Waals surface area contributed by atoms with Crippen molar-refractivity contribution in [2.45, 2.75) is 0 Å². The van der Waals surface area contributed by atoms with Crippen LogP contribution >= 0.6 is 27.5 Å². The third-order valence-electron chi connectivity index (χ3n) is 1.88. The molecule has 6 heteroatoms. The zero-order valence-corrected chi connectivity index (χ0v) is 10.5. The van der Waals surface area contributed by atoms with Crippen molar-refractivity contribution in [3.8, 4) is 0 Å². The second-order valence-electron chi connectivity index (χ2n) is 3.08. The first kappa shape index (κ1) is 11.2. The maximum absolute atomic E-state index is 6.03. The molecular weight excluding hydrogens is 291 g/mol. The van der Waals surface area contributed by atoms with Crippen molar-refractivity contribution in [3.63, 3.8) is 0 Å². The van der Waals surface area contributed by atoms with Gasteiger partial charge >= 0.3 is 0 Å². The third kappa shape index (κ3) is 2.62. The fourth-order valence-corrected chi connectivity index (χ4v) is 1.70.